The molecule has 0 atom stereocenters. The molecule has 1 amide bonds. The van der Waals surface area contributed by atoms with Crippen LogP contribution in [0.25, 0.3) is 0 Å². The van der Waals surface area contributed by atoms with Gasteiger partial charge in [-0.25, -0.2) is 4.99 Å². The van der Waals surface area contributed by atoms with E-state index in [1.807, 2.05) is 14.0 Å². The maximum absolute atomic E-state index is 11.5. The molecule has 0 fully saturated rings. The lowest BCUT2D eigenvalue weighted by Gasteiger charge is -2.18. The molecular formula is C13H30IN5O2. The van der Waals surface area contributed by atoms with Crippen LogP contribution in [-0.4, -0.2) is 89.3 Å². The Morgan fingerprint density at radius 1 is 1.19 bits per heavy atom. The number of nitrogens with zero attached hydrogens (tertiary/aromatic N) is 3. The van der Waals surface area contributed by atoms with Gasteiger partial charge in [0.05, 0.1) is 6.61 Å². The van der Waals surface area contributed by atoms with Gasteiger partial charge in [-0.05, 0) is 14.0 Å². The molecule has 0 radical (unpaired) electrons. The second-order valence-corrected chi connectivity index (χ2v) is 4.71. The number of aliphatic imine (C=N–C) groups is 1. The number of halogens is 1. The fraction of sp³-hybridized carbons (Fsp3) is 0.846. The van der Waals surface area contributed by atoms with Gasteiger partial charge in [0.2, 0.25) is 5.91 Å². The molecule has 0 aromatic heterocycles. The maximum Gasteiger partial charge on any atom is 0.243 e. The number of hydrogen-bond donors (Lipinski definition) is 2. The molecular weight excluding hydrogens is 385 g/mol. The fourth-order valence-corrected chi connectivity index (χ4v) is 1.35. The number of ether oxygens (including phenoxy) is 1. The Morgan fingerprint density at radius 3 is 2.38 bits per heavy atom. The van der Waals surface area contributed by atoms with Crippen molar-refractivity contribution in [3.05, 3.63) is 0 Å². The van der Waals surface area contributed by atoms with E-state index in [0.717, 1.165) is 32.8 Å². The molecule has 0 rings (SSSR count). The first-order valence-corrected chi connectivity index (χ1v) is 6.91. The van der Waals surface area contributed by atoms with Gasteiger partial charge >= 0.3 is 0 Å². The van der Waals surface area contributed by atoms with Gasteiger partial charge in [-0.1, -0.05) is 0 Å². The highest BCUT2D eigenvalue weighted by atomic mass is 127. The average molecular weight is 415 g/mol. The fourth-order valence-electron chi connectivity index (χ4n) is 1.35. The minimum Gasteiger partial charge on any atom is -0.383 e. The van der Waals surface area contributed by atoms with E-state index in [2.05, 4.69) is 20.5 Å². The number of rotatable bonds is 9. The van der Waals surface area contributed by atoms with E-state index in [1.54, 1.807) is 21.2 Å². The van der Waals surface area contributed by atoms with Crippen LogP contribution < -0.4 is 10.6 Å². The number of carbonyl (C=O) groups is 1. The first kappa shape index (κ1) is 22.7. The molecule has 126 valence electrons. The maximum atomic E-state index is 11.5. The highest BCUT2D eigenvalue weighted by molar-refractivity contribution is 14.0. The van der Waals surface area contributed by atoms with Crippen molar-refractivity contribution in [2.75, 3.05) is 67.6 Å². The summed E-state index contributed by atoms with van der Waals surface area (Å²) in [5.74, 6) is 0.655. The Morgan fingerprint density at radius 2 is 1.86 bits per heavy atom. The Kier molecular flexibility index (Phi) is 15.5. The predicted octanol–water partition coefficient (Wildman–Crippen LogP) is -0.174. The molecule has 7 nitrogen and oxygen atoms in total. The molecule has 0 aliphatic carbocycles. The number of nitrogens with one attached hydrogen (secondary N) is 2. The third-order valence-corrected chi connectivity index (χ3v) is 2.68. The second-order valence-electron chi connectivity index (χ2n) is 4.71. The largest absolute Gasteiger partial charge is 0.383 e. The van der Waals surface area contributed by atoms with Crippen LogP contribution in [0.1, 0.15) is 6.92 Å². The average Bonchev–Trinajstić information content (AvgIpc) is 2.41. The topological polar surface area (TPSA) is 69.2 Å². The summed E-state index contributed by atoms with van der Waals surface area (Å²) in [4.78, 5) is 19.5. The number of hydrogen-bond acceptors (Lipinski definition) is 4. The molecule has 0 heterocycles. The summed E-state index contributed by atoms with van der Waals surface area (Å²) < 4.78 is 5.03. The molecule has 8 heteroatoms. The molecule has 0 aromatic carbocycles. The van der Waals surface area contributed by atoms with Gasteiger partial charge in [0.15, 0.2) is 5.96 Å². The van der Waals surface area contributed by atoms with Gasteiger partial charge in [-0.2, -0.15) is 0 Å². The van der Waals surface area contributed by atoms with Crippen LogP contribution >= 0.6 is 24.0 Å². The molecule has 21 heavy (non-hydrogen) atoms. The first-order valence-electron chi connectivity index (χ1n) is 6.91. The second kappa shape index (κ2) is 14.3. The van der Waals surface area contributed by atoms with Crippen LogP contribution in [0.15, 0.2) is 4.99 Å². The normalized spacial score (nSPS) is 11.0. The van der Waals surface area contributed by atoms with Crippen molar-refractivity contribution in [2.24, 2.45) is 4.99 Å². The van der Waals surface area contributed by atoms with Gasteiger partial charge < -0.3 is 25.2 Å². The van der Waals surface area contributed by atoms with E-state index in [4.69, 9.17) is 4.74 Å². The lowest BCUT2D eigenvalue weighted by molar-refractivity contribution is -0.127. The van der Waals surface area contributed by atoms with Crippen molar-refractivity contribution in [3.63, 3.8) is 0 Å². The minimum absolute atomic E-state index is 0. The first-order chi connectivity index (χ1) is 9.51. The molecule has 0 unspecified atom stereocenters. The summed E-state index contributed by atoms with van der Waals surface area (Å²) in [6.45, 7) is 6.18. The molecule has 0 aliphatic rings. The Balaban J connectivity index is 0. The number of methoxy groups -OCH3 is 1. The van der Waals surface area contributed by atoms with Crippen LogP contribution in [0.3, 0.4) is 0 Å². The van der Waals surface area contributed by atoms with E-state index in [1.165, 1.54) is 4.90 Å². The van der Waals surface area contributed by atoms with E-state index >= 15 is 0 Å². The SMILES string of the molecule is CCNC(=NCC(=O)N(C)C)NCCN(C)CCOC.I. The van der Waals surface area contributed by atoms with Gasteiger partial charge in [0, 0.05) is 47.4 Å². The zero-order chi connectivity index (χ0) is 15.4. The number of carbonyl (C=O) groups excluding carboxylic acids is 1. The lowest BCUT2D eigenvalue weighted by Crippen LogP contribution is -2.42. The Bertz CT molecular complexity index is 300. The van der Waals surface area contributed by atoms with E-state index in [-0.39, 0.29) is 36.4 Å². The van der Waals surface area contributed by atoms with Gasteiger partial charge in [0.1, 0.15) is 6.54 Å². The summed E-state index contributed by atoms with van der Waals surface area (Å²) in [5, 5.41) is 6.33. The highest BCUT2D eigenvalue weighted by Crippen LogP contribution is 1.83. The third kappa shape index (κ3) is 12.8. The van der Waals surface area contributed by atoms with Crippen molar-refractivity contribution in [1.29, 1.82) is 0 Å². The minimum atomic E-state index is -0.0144. The zero-order valence-electron chi connectivity index (χ0n) is 13.8. The van der Waals surface area contributed by atoms with Gasteiger partial charge in [0.25, 0.3) is 0 Å². The Hall–Kier alpha value is -0.610. The number of amides is 1. The smallest absolute Gasteiger partial charge is 0.243 e. The molecule has 0 aromatic rings. The molecule has 0 bridgehead atoms. The van der Waals surface area contributed by atoms with E-state index < -0.39 is 0 Å². The van der Waals surface area contributed by atoms with Crippen LogP contribution in [-0.2, 0) is 9.53 Å². The van der Waals surface area contributed by atoms with Crippen molar-refractivity contribution in [3.8, 4) is 0 Å². The summed E-state index contributed by atoms with van der Waals surface area (Å²) in [6, 6.07) is 0. The molecule has 0 spiro atoms. The van der Waals surface area contributed by atoms with Crippen LogP contribution in [0, 0.1) is 0 Å². The quantitative estimate of drug-likeness (QED) is 0.311. The van der Waals surface area contributed by atoms with E-state index in [0.29, 0.717) is 5.96 Å². The highest BCUT2D eigenvalue weighted by Gasteiger charge is 2.04. The van der Waals surface area contributed by atoms with Crippen LogP contribution in [0.2, 0.25) is 0 Å². The monoisotopic (exact) mass is 415 g/mol. The molecule has 0 saturated heterocycles. The van der Waals surface area contributed by atoms with Gasteiger partial charge in [-0.3, -0.25) is 4.79 Å². The summed E-state index contributed by atoms with van der Waals surface area (Å²) in [7, 11) is 7.19. The predicted molar refractivity (Wildman–Crippen MR) is 97.5 cm³/mol. The van der Waals surface area contributed by atoms with Crippen molar-refractivity contribution in [2.45, 2.75) is 6.92 Å². The number of likely N-dealkylation sites (N-methyl/N-ethyl adjacent to an activating group) is 2. The summed E-state index contributed by atoms with van der Waals surface area (Å²) >= 11 is 0. The standard InChI is InChI=1S/C13H29N5O2.HI/c1-6-14-13(16-11-12(19)17(2)3)15-7-8-18(4)9-10-20-5;/h6-11H2,1-5H3,(H2,14,15,16);1H. The van der Waals surface area contributed by atoms with Crippen LogP contribution in [0.5, 0.6) is 0 Å². The van der Waals surface area contributed by atoms with Crippen molar-refractivity contribution in [1.82, 2.24) is 20.4 Å². The van der Waals surface area contributed by atoms with Crippen molar-refractivity contribution >= 4 is 35.8 Å². The van der Waals surface area contributed by atoms with Gasteiger partial charge in [-0.15, -0.1) is 24.0 Å². The molecule has 0 saturated carbocycles. The zero-order valence-corrected chi connectivity index (χ0v) is 16.1. The lowest BCUT2D eigenvalue weighted by atomic mass is 10.5. The van der Waals surface area contributed by atoms with E-state index in [9.17, 15) is 4.79 Å². The third-order valence-electron chi connectivity index (χ3n) is 2.68. The Labute approximate surface area is 145 Å². The summed E-state index contributed by atoms with van der Waals surface area (Å²) in [5.41, 5.74) is 0. The number of guanidine groups is 1. The molecule has 2 N–H and O–H groups in total. The molecule has 0 aliphatic heterocycles. The van der Waals surface area contributed by atoms with Crippen molar-refractivity contribution < 1.29 is 9.53 Å². The summed E-state index contributed by atoms with van der Waals surface area (Å²) in [6.07, 6.45) is 0. The van der Waals surface area contributed by atoms with Crippen LogP contribution in [0.4, 0.5) is 0 Å².